The molecule has 2 aromatic rings. The van der Waals surface area contributed by atoms with Crippen molar-refractivity contribution in [3.63, 3.8) is 0 Å². The van der Waals surface area contributed by atoms with Gasteiger partial charge in [-0.1, -0.05) is 107 Å². The lowest BCUT2D eigenvalue weighted by Crippen LogP contribution is -2.40. The molecule has 4 nitrogen and oxygen atoms in total. The minimum absolute atomic E-state index is 0.118. The van der Waals surface area contributed by atoms with Crippen molar-refractivity contribution in [1.82, 2.24) is 0 Å². The second-order valence-corrected chi connectivity index (χ2v) is 10.8. The Hall–Kier alpha value is -2.33. The molecule has 36 heavy (non-hydrogen) atoms. The number of para-hydroxylation sites is 1. The van der Waals surface area contributed by atoms with Crippen LogP contribution in [0.5, 0.6) is 5.75 Å². The van der Waals surface area contributed by atoms with Gasteiger partial charge in [0.05, 0.1) is 26.6 Å². The molecule has 0 spiro atoms. The first-order chi connectivity index (χ1) is 17.4. The summed E-state index contributed by atoms with van der Waals surface area (Å²) >= 11 is 0. The van der Waals surface area contributed by atoms with Crippen molar-refractivity contribution in [1.29, 1.82) is 0 Å². The third-order valence-corrected chi connectivity index (χ3v) is 6.88. The van der Waals surface area contributed by atoms with Gasteiger partial charge in [-0.15, -0.1) is 0 Å². The Bertz CT molecular complexity index is 849. The second kappa shape index (κ2) is 17.2. The second-order valence-electron chi connectivity index (χ2n) is 10.8. The number of quaternary nitrogens is 1. The number of aryl methyl sites for hydroxylation is 1. The molecule has 0 saturated carbocycles. The minimum atomic E-state index is -0.134. The van der Waals surface area contributed by atoms with Gasteiger partial charge in [-0.2, -0.15) is 0 Å². The Morgan fingerprint density at radius 2 is 1.47 bits per heavy atom. The molecule has 1 unspecified atom stereocenters. The van der Waals surface area contributed by atoms with Gasteiger partial charge in [-0.25, -0.2) is 0 Å². The topological polar surface area (TPSA) is 35.5 Å². The van der Waals surface area contributed by atoms with E-state index >= 15 is 0 Å². The fraction of sp³-hybridized carbons (Fsp3) is 0.594. The van der Waals surface area contributed by atoms with Crippen LogP contribution in [-0.2, 0) is 22.5 Å². The number of carbonyl (C=O) groups is 1. The van der Waals surface area contributed by atoms with Crippen LogP contribution in [0.2, 0.25) is 0 Å². The monoisotopic (exact) mass is 496 g/mol. The molecule has 0 fully saturated rings. The van der Waals surface area contributed by atoms with Crippen molar-refractivity contribution in [2.75, 3.05) is 33.9 Å². The SMILES string of the molecule is CCCCCCCCCCc1ccccc1OCCOC(=O)C(C)CC[N+](C)(C)Cc1ccccc1. The summed E-state index contributed by atoms with van der Waals surface area (Å²) in [6.45, 7) is 6.78. The van der Waals surface area contributed by atoms with Gasteiger partial charge in [0.15, 0.2) is 0 Å². The summed E-state index contributed by atoms with van der Waals surface area (Å²) in [6, 6.07) is 18.8. The highest BCUT2D eigenvalue weighted by atomic mass is 16.6. The van der Waals surface area contributed by atoms with E-state index in [1.165, 1.54) is 62.5 Å². The van der Waals surface area contributed by atoms with Crippen LogP contribution in [-0.4, -0.2) is 44.3 Å². The first-order valence-corrected chi connectivity index (χ1v) is 14.1. The summed E-state index contributed by atoms with van der Waals surface area (Å²) < 4.78 is 12.4. The standard InChI is InChI=1S/C32H50NO3/c1-5-6-7-8-9-10-11-15-20-30-21-16-17-22-31(30)35-25-26-36-32(34)28(2)23-24-33(3,4)27-29-18-13-12-14-19-29/h12-14,16-19,21-22,28H,5-11,15,20,23-27H2,1-4H3/q+1. The quantitative estimate of drug-likeness (QED) is 0.114. The van der Waals surface area contributed by atoms with Gasteiger partial charge in [-0.3, -0.25) is 4.79 Å². The fourth-order valence-corrected chi connectivity index (χ4v) is 4.55. The molecule has 200 valence electrons. The highest BCUT2D eigenvalue weighted by Crippen LogP contribution is 2.21. The molecular weight excluding hydrogens is 446 g/mol. The van der Waals surface area contributed by atoms with Crippen LogP contribution >= 0.6 is 0 Å². The Labute approximate surface area is 220 Å². The number of nitrogens with zero attached hydrogens (tertiary/aromatic N) is 1. The number of benzene rings is 2. The average molecular weight is 497 g/mol. The number of carbonyl (C=O) groups excluding carboxylic acids is 1. The number of hydrogen-bond donors (Lipinski definition) is 0. The summed E-state index contributed by atoms with van der Waals surface area (Å²) in [7, 11) is 4.42. The molecule has 0 bridgehead atoms. The highest BCUT2D eigenvalue weighted by molar-refractivity contribution is 5.71. The number of unbranched alkanes of at least 4 members (excludes halogenated alkanes) is 7. The van der Waals surface area contributed by atoms with E-state index in [2.05, 4.69) is 57.4 Å². The zero-order chi connectivity index (χ0) is 26.1. The summed E-state index contributed by atoms with van der Waals surface area (Å²) in [5.41, 5.74) is 2.57. The van der Waals surface area contributed by atoms with Crippen molar-refractivity contribution >= 4 is 5.97 Å². The highest BCUT2D eigenvalue weighted by Gasteiger charge is 2.21. The summed E-state index contributed by atoms with van der Waals surface area (Å²) in [5.74, 6) is 0.669. The van der Waals surface area contributed by atoms with Crippen molar-refractivity contribution in [2.45, 2.75) is 84.6 Å². The van der Waals surface area contributed by atoms with E-state index in [9.17, 15) is 4.79 Å². The number of hydrogen-bond acceptors (Lipinski definition) is 3. The van der Waals surface area contributed by atoms with Gasteiger partial charge in [0.1, 0.15) is 25.5 Å². The van der Waals surface area contributed by atoms with Crippen molar-refractivity contribution in [2.24, 2.45) is 5.92 Å². The maximum atomic E-state index is 12.5. The van der Waals surface area contributed by atoms with Crippen LogP contribution in [0.25, 0.3) is 0 Å². The normalized spacial score (nSPS) is 12.3. The molecule has 2 aromatic carbocycles. The lowest BCUT2D eigenvalue weighted by Gasteiger charge is -2.30. The smallest absolute Gasteiger partial charge is 0.308 e. The average Bonchev–Trinajstić information content (AvgIpc) is 2.87. The van der Waals surface area contributed by atoms with Gasteiger partial charge in [0.25, 0.3) is 0 Å². The third kappa shape index (κ3) is 12.6. The molecule has 4 heteroatoms. The first-order valence-electron chi connectivity index (χ1n) is 14.1. The van der Waals surface area contributed by atoms with Crippen molar-refractivity contribution < 1.29 is 18.8 Å². The van der Waals surface area contributed by atoms with Crippen LogP contribution in [0.15, 0.2) is 54.6 Å². The van der Waals surface area contributed by atoms with Gasteiger partial charge in [0, 0.05) is 12.0 Å². The predicted octanol–water partition coefficient (Wildman–Crippen LogP) is 7.59. The maximum absolute atomic E-state index is 12.5. The molecule has 0 heterocycles. The van der Waals surface area contributed by atoms with E-state index in [1.54, 1.807) is 0 Å². The van der Waals surface area contributed by atoms with Crippen LogP contribution < -0.4 is 4.74 Å². The van der Waals surface area contributed by atoms with Gasteiger partial charge >= 0.3 is 5.97 Å². The summed E-state index contributed by atoms with van der Waals surface area (Å²) in [6.07, 6.45) is 12.4. The first kappa shape index (κ1) is 29.9. The Kier molecular flexibility index (Phi) is 14.3. The predicted molar refractivity (Wildman–Crippen MR) is 150 cm³/mol. The molecule has 0 aromatic heterocycles. The van der Waals surface area contributed by atoms with Crippen molar-refractivity contribution in [3.05, 3.63) is 65.7 Å². The van der Waals surface area contributed by atoms with Crippen LogP contribution in [0.1, 0.15) is 82.8 Å². The molecule has 0 amide bonds. The molecule has 0 aliphatic carbocycles. The zero-order valence-electron chi connectivity index (χ0n) is 23.3. The van der Waals surface area contributed by atoms with E-state index in [0.29, 0.717) is 6.61 Å². The van der Waals surface area contributed by atoms with Crippen LogP contribution in [0, 0.1) is 5.92 Å². The molecule has 1 atom stereocenters. The van der Waals surface area contributed by atoms with Crippen LogP contribution in [0.3, 0.4) is 0 Å². The Morgan fingerprint density at radius 3 is 2.19 bits per heavy atom. The Morgan fingerprint density at radius 1 is 0.833 bits per heavy atom. The Balaban J connectivity index is 1.63. The van der Waals surface area contributed by atoms with E-state index in [4.69, 9.17) is 9.47 Å². The van der Waals surface area contributed by atoms with Gasteiger partial charge in [-0.05, 0) is 24.5 Å². The molecule has 0 saturated heterocycles. The van der Waals surface area contributed by atoms with Gasteiger partial charge in [0.2, 0.25) is 0 Å². The lowest BCUT2D eigenvalue weighted by molar-refractivity contribution is -0.904. The largest absolute Gasteiger partial charge is 0.490 e. The number of rotatable bonds is 19. The third-order valence-electron chi connectivity index (χ3n) is 6.88. The van der Waals surface area contributed by atoms with E-state index in [0.717, 1.165) is 36.2 Å². The maximum Gasteiger partial charge on any atom is 0.308 e. The van der Waals surface area contributed by atoms with Gasteiger partial charge < -0.3 is 14.0 Å². The molecule has 0 aliphatic heterocycles. The minimum Gasteiger partial charge on any atom is -0.490 e. The number of esters is 1. The summed E-state index contributed by atoms with van der Waals surface area (Å²) in [5, 5.41) is 0. The number of ether oxygens (including phenoxy) is 2. The van der Waals surface area contributed by atoms with E-state index in [1.807, 2.05) is 25.1 Å². The fourth-order valence-electron chi connectivity index (χ4n) is 4.55. The molecule has 2 rings (SSSR count). The molecule has 0 aliphatic rings. The van der Waals surface area contributed by atoms with E-state index < -0.39 is 0 Å². The molecule has 0 radical (unpaired) electrons. The summed E-state index contributed by atoms with van der Waals surface area (Å²) in [4.78, 5) is 12.5. The van der Waals surface area contributed by atoms with Crippen LogP contribution in [0.4, 0.5) is 0 Å². The molecular formula is C32H50NO3+. The van der Waals surface area contributed by atoms with E-state index in [-0.39, 0.29) is 18.5 Å². The lowest BCUT2D eigenvalue weighted by atomic mass is 10.0. The van der Waals surface area contributed by atoms with Crippen molar-refractivity contribution in [3.8, 4) is 5.75 Å². The molecule has 0 N–H and O–H groups in total. The zero-order valence-corrected chi connectivity index (χ0v) is 23.3.